The van der Waals surface area contributed by atoms with Crippen molar-refractivity contribution in [1.29, 1.82) is 5.26 Å². The molecule has 4 aromatic rings. The summed E-state index contributed by atoms with van der Waals surface area (Å²) in [5, 5.41) is 13.4. The highest BCUT2D eigenvalue weighted by Gasteiger charge is 2.19. The van der Waals surface area contributed by atoms with Gasteiger partial charge in [-0.3, -0.25) is 4.40 Å². The molecule has 2 aromatic heterocycles. The molecule has 4 rings (SSSR count). The van der Waals surface area contributed by atoms with Gasteiger partial charge in [0.25, 0.3) is 0 Å². The molecule has 0 radical (unpaired) electrons. The molecule has 0 aliphatic heterocycles. The van der Waals surface area contributed by atoms with E-state index in [1.54, 1.807) is 0 Å². The van der Waals surface area contributed by atoms with E-state index >= 15 is 0 Å². The lowest BCUT2D eigenvalue weighted by Gasteiger charge is -2.18. The number of aromatic nitrogens is 2. The number of allylic oxidation sites excluding steroid dienone is 1. The fourth-order valence-corrected chi connectivity index (χ4v) is 3.73. The minimum absolute atomic E-state index is 0.627. The van der Waals surface area contributed by atoms with Crippen molar-refractivity contribution in [2.75, 3.05) is 11.9 Å². The first-order valence-corrected chi connectivity index (χ1v) is 9.46. The van der Waals surface area contributed by atoms with Crippen LogP contribution in [0.25, 0.3) is 16.7 Å². The zero-order valence-electron chi connectivity index (χ0n) is 15.9. The first kappa shape index (κ1) is 17.8. The third-order valence-corrected chi connectivity index (χ3v) is 5.13. The topological polar surface area (TPSA) is 53.1 Å². The lowest BCUT2D eigenvalue weighted by Crippen LogP contribution is -2.13. The van der Waals surface area contributed by atoms with E-state index in [9.17, 15) is 5.26 Å². The molecule has 0 aliphatic carbocycles. The molecule has 0 fully saturated rings. The van der Waals surface area contributed by atoms with Crippen LogP contribution in [0.3, 0.4) is 0 Å². The van der Waals surface area contributed by atoms with Crippen LogP contribution in [0.15, 0.2) is 67.3 Å². The third-order valence-electron chi connectivity index (χ3n) is 5.13. The molecule has 0 bridgehead atoms. The normalized spacial score (nSPS) is 10.9. The van der Waals surface area contributed by atoms with Gasteiger partial charge in [0.1, 0.15) is 11.9 Å². The van der Waals surface area contributed by atoms with Crippen molar-refractivity contribution < 1.29 is 0 Å². The maximum atomic E-state index is 9.80. The van der Waals surface area contributed by atoms with Gasteiger partial charge in [0.05, 0.1) is 16.6 Å². The van der Waals surface area contributed by atoms with Crippen LogP contribution < -0.4 is 5.32 Å². The van der Waals surface area contributed by atoms with Gasteiger partial charge in [-0.15, -0.1) is 6.58 Å². The Bertz CT molecular complexity index is 1200. The smallest absolute Gasteiger partial charge is 0.157 e. The second kappa shape index (κ2) is 7.58. The quantitative estimate of drug-likeness (QED) is 0.486. The monoisotopic (exact) mass is 366 g/mol. The van der Waals surface area contributed by atoms with Gasteiger partial charge in [-0.2, -0.15) is 5.26 Å². The van der Waals surface area contributed by atoms with E-state index in [2.05, 4.69) is 46.6 Å². The average molecular weight is 366 g/mol. The van der Waals surface area contributed by atoms with Crippen LogP contribution in [0.2, 0.25) is 0 Å². The summed E-state index contributed by atoms with van der Waals surface area (Å²) in [6.45, 7) is 6.71. The molecule has 4 heteroatoms. The molecule has 2 aromatic carbocycles. The first-order chi connectivity index (χ1) is 13.7. The predicted octanol–water partition coefficient (Wildman–Crippen LogP) is 5.05. The van der Waals surface area contributed by atoms with E-state index in [0.29, 0.717) is 17.6 Å². The first-order valence-electron chi connectivity index (χ1n) is 9.46. The Hall–Kier alpha value is -3.58. The second-order valence-electron chi connectivity index (χ2n) is 6.85. The number of imidazole rings is 1. The lowest BCUT2D eigenvalue weighted by atomic mass is 10.0. The van der Waals surface area contributed by atoms with Crippen molar-refractivity contribution in [1.82, 2.24) is 9.38 Å². The fraction of sp³-hybridized carbons (Fsp3) is 0.167. The minimum Gasteiger partial charge on any atom is -0.371 e. The van der Waals surface area contributed by atoms with E-state index in [4.69, 9.17) is 4.98 Å². The van der Waals surface area contributed by atoms with Crippen molar-refractivity contribution in [3.8, 4) is 6.07 Å². The number of benzene rings is 2. The van der Waals surface area contributed by atoms with E-state index in [1.807, 2.05) is 43.3 Å². The molecule has 2 heterocycles. The van der Waals surface area contributed by atoms with Crippen LogP contribution in [0.1, 0.15) is 22.3 Å². The summed E-state index contributed by atoms with van der Waals surface area (Å²) >= 11 is 0. The number of fused-ring (bicyclic) bond motifs is 3. The van der Waals surface area contributed by atoms with Gasteiger partial charge in [0.15, 0.2) is 5.65 Å². The van der Waals surface area contributed by atoms with Crippen LogP contribution in [0, 0.1) is 18.3 Å². The standard InChI is InChI=1S/C24H22N4/c1-3-9-19-17(2)20(16-25)24-27-21-12-7-8-13-22(21)28(24)23(19)26-15-14-18-10-5-4-6-11-18/h3-8,10-13,26H,1,9,14-15H2,2H3. The Labute approximate surface area is 164 Å². The summed E-state index contributed by atoms with van der Waals surface area (Å²) in [6.07, 6.45) is 3.50. The number of nitrogens with one attached hydrogen (secondary N) is 1. The van der Waals surface area contributed by atoms with Crippen LogP contribution >= 0.6 is 0 Å². The molecule has 28 heavy (non-hydrogen) atoms. The largest absolute Gasteiger partial charge is 0.371 e. The van der Waals surface area contributed by atoms with Gasteiger partial charge >= 0.3 is 0 Å². The molecule has 0 saturated heterocycles. The SMILES string of the molecule is C=CCc1c(C)c(C#N)c2nc3ccccc3n2c1NCCc1ccccc1. The average Bonchev–Trinajstić information content (AvgIpc) is 3.10. The van der Waals surface area contributed by atoms with Crippen LogP contribution in [-0.2, 0) is 12.8 Å². The number of hydrogen-bond donors (Lipinski definition) is 1. The van der Waals surface area contributed by atoms with Crippen LogP contribution in [0.4, 0.5) is 5.82 Å². The Morgan fingerprint density at radius 2 is 1.89 bits per heavy atom. The molecule has 138 valence electrons. The maximum Gasteiger partial charge on any atom is 0.157 e. The van der Waals surface area contributed by atoms with Gasteiger partial charge in [0, 0.05) is 12.1 Å². The summed E-state index contributed by atoms with van der Waals surface area (Å²) in [5.74, 6) is 0.996. The summed E-state index contributed by atoms with van der Waals surface area (Å²) in [4.78, 5) is 4.75. The number of nitrogens with zero attached hydrogens (tertiary/aromatic N) is 3. The summed E-state index contributed by atoms with van der Waals surface area (Å²) < 4.78 is 2.09. The number of rotatable bonds is 6. The molecular formula is C24H22N4. The number of hydrogen-bond acceptors (Lipinski definition) is 3. The molecular weight excluding hydrogens is 344 g/mol. The zero-order chi connectivity index (χ0) is 19.5. The minimum atomic E-state index is 0.627. The Balaban J connectivity index is 1.87. The zero-order valence-corrected chi connectivity index (χ0v) is 15.9. The summed E-state index contributed by atoms with van der Waals surface area (Å²) in [6, 6.07) is 20.8. The van der Waals surface area contributed by atoms with Crippen LogP contribution in [-0.4, -0.2) is 15.9 Å². The van der Waals surface area contributed by atoms with Gasteiger partial charge in [0.2, 0.25) is 0 Å². The Morgan fingerprint density at radius 3 is 2.64 bits per heavy atom. The van der Waals surface area contributed by atoms with E-state index in [-0.39, 0.29) is 0 Å². The summed E-state index contributed by atoms with van der Waals surface area (Å²) in [5.41, 5.74) is 6.57. The van der Waals surface area contributed by atoms with Crippen molar-refractivity contribution in [3.63, 3.8) is 0 Å². The van der Waals surface area contributed by atoms with E-state index in [1.165, 1.54) is 5.56 Å². The Morgan fingerprint density at radius 1 is 1.14 bits per heavy atom. The number of nitriles is 1. The molecule has 0 amide bonds. The molecule has 4 nitrogen and oxygen atoms in total. The molecule has 0 saturated carbocycles. The number of pyridine rings is 1. The second-order valence-corrected chi connectivity index (χ2v) is 6.85. The van der Waals surface area contributed by atoms with Crippen molar-refractivity contribution in [2.24, 2.45) is 0 Å². The number of anilines is 1. The fourth-order valence-electron chi connectivity index (χ4n) is 3.73. The predicted molar refractivity (Wildman–Crippen MR) is 115 cm³/mol. The van der Waals surface area contributed by atoms with E-state index < -0.39 is 0 Å². The van der Waals surface area contributed by atoms with Gasteiger partial charge in [-0.25, -0.2) is 4.98 Å². The summed E-state index contributed by atoms with van der Waals surface area (Å²) in [7, 11) is 0. The lowest BCUT2D eigenvalue weighted by molar-refractivity contribution is 0.982. The highest BCUT2D eigenvalue weighted by molar-refractivity contribution is 5.86. The van der Waals surface area contributed by atoms with Crippen molar-refractivity contribution >= 4 is 22.5 Å². The molecule has 1 N–H and O–H groups in total. The Kier molecular flexibility index (Phi) is 4.82. The highest BCUT2D eigenvalue weighted by Crippen LogP contribution is 2.31. The molecule has 0 unspecified atom stereocenters. The van der Waals surface area contributed by atoms with Crippen LogP contribution in [0.5, 0.6) is 0 Å². The molecule has 0 aliphatic rings. The molecule has 0 spiro atoms. The van der Waals surface area contributed by atoms with Gasteiger partial charge in [-0.05, 0) is 43.0 Å². The van der Waals surface area contributed by atoms with Gasteiger partial charge < -0.3 is 5.32 Å². The molecule has 0 atom stereocenters. The van der Waals surface area contributed by atoms with Crippen molar-refractivity contribution in [3.05, 3.63) is 89.5 Å². The van der Waals surface area contributed by atoms with E-state index in [0.717, 1.165) is 40.9 Å². The highest BCUT2D eigenvalue weighted by atomic mass is 15.1. The third kappa shape index (κ3) is 3.01. The number of para-hydroxylation sites is 2. The van der Waals surface area contributed by atoms with Gasteiger partial charge in [-0.1, -0.05) is 48.5 Å². The maximum absolute atomic E-state index is 9.80. The van der Waals surface area contributed by atoms with Crippen molar-refractivity contribution in [2.45, 2.75) is 19.8 Å².